The number of H-pyrrole nitrogens is 1. The van der Waals surface area contributed by atoms with E-state index in [9.17, 15) is 14.7 Å². The lowest BCUT2D eigenvalue weighted by molar-refractivity contribution is -0.142. The summed E-state index contributed by atoms with van der Waals surface area (Å²) in [6.45, 7) is 0. The fourth-order valence-electron chi connectivity index (χ4n) is 4.75. The molecule has 0 aliphatic rings. The van der Waals surface area contributed by atoms with E-state index in [1.54, 1.807) is 13.4 Å². The van der Waals surface area contributed by atoms with E-state index in [0.29, 0.717) is 18.1 Å². The van der Waals surface area contributed by atoms with Crippen LogP contribution in [-0.2, 0) is 32.7 Å². The molecular formula is C31H35ClN8O4. The first-order valence-corrected chi connectivity index (χ1v) is 13.6. The Bertz CT molecular complexity index is 1470. The summed E-state index contributed by atoms with van der Waals surface area (Å²) in [6, 6.07) is 29.1. The van der Waals surface area contributed by atoms with Gasteiger partial charge in [0.05, 0.1) is 7.11 Å². The van der Waals surface area contributed by atoms with Gasteiger partial charge in [0.1, 0.15) is 36.1 Å². The van der Waals surface area contributed by atoms with Gasteiger partial charge in [-0.25, -0.2) is 14.6 Å². The van der Waals surface area contributed by atoms with Gasteiger partial charge in [-0.15, -0.1) is 12.4 Å². The number of aromatic amines is 1. The minimum absolute atomic E-state index is 0. The molecule has 3 aromatic carbocycles. The standard InChI is InChI=1S/C25H24N4O2.C6H10N4O2.ClH/c1-26-22(24(30)31)17-23-27-18-29(28-23)25(19-11-5-2-6-12-19,20-13-7-3-8-14-20)21-15-9-4-10-16-21;1-12-6(11)4(7)2-5-8-3-9-10-5;/h2-16,18,22,26H,17H2,1H3,(H,30,31);3-4H,2,7H2,1H3,(H,8,9,10);1H/t22-;4-;/m00./s1. The summed E-state index contributed by atoms with van der Waals surface area (Å²) < 4.78 is 6.28. The van der Waals surface area contributed by atoms with Crippen molar-refractivity contribution in [3.63, 3.8) is 0 Å². The maximum absolute atomic E-state index is 11.5. The highest BCUT2D eigenvalue weighted by molar-refractivity contribution is 5.85. The minimum atomic E-state index is -0.931. The number of rotatable bonds is 11. The van der Waals surface area contributed by atoms with E-state index in [-0.39, 0.29) is 18.8 Å². The molecule has 230 valence electrons. The summed E-state index contributed by atoms with van der Waals surface area (Å²) in [6.07, 6.45) is 3.55. The van der Waals surface area contributed by atoms with Crippen LogP contribution in [0.15, 0.2) is 104 Å². The van der Waals surface area contributed by atoms with Crippen LogP contribution in [0.25, 0.3) is 0 Å². The lowest BCUT2D eigenvalue weighted by atomic mass is 9.77. The Morgan fingerprint density at radius 2 is 1.45 bits per heavy atom. The highest BCUT2D eigenvalue weighted by Crippen LogP contribution is 2.40. The van der Waals surface area contributed by atoms with Gasteiger partial charge in [0, 0.05) is 12.8 Å². The van der Waals surface area contributed by atoms with Gasteiger partial charge >= 0.3 is 11.9 Å². The van der Waals surface area contributed by atoms with Crippen LogP contribution in [0.4, 0.5) is 0 Å². The zero-order valence-corrected chi connectivity index (χ0v) is 25.1. The highest BCUT2D eigenvalue weighted by atomic mass is 35.5. The Kier molecular flexibility index (Phi) is 12.3. The van der Waals surface area contributed by atoms with Gasteiger partial charge in [-0.05, 0) is 23.7 Å². The van der Waals surface area contributed by atoms with Gasteiger partial charge < -0.3 is 20.9 Å². The van der Waals surface area contributed by atoms with Crippen LogP contribution in [0.5, 0.6) is 0 Å². The molecule has 2 atom stereocenters. The zero-order valence-electron chi connectivity index (χ0n) is 24.3. The fraction of sp³-hybridized carbons (Fsp3) is 0.226. The maximum atomic E-state index is 11.5. The summed E-state index contributed by atoms with van der Waals surface area (Å²) in [5, 5.41) is 23.2. The van der Waals surface area contributed by atoms with Gasteiger partial charge in [-0.1, -0.05) is 91.0 Å². The molecule has 0 amide bonds. The summed E-state index contributed by atoms with van der Waals surface area (Å²) >= 11 is 0. The molecule has 2 heterocycles. The molecule has 5 rings (SSSR count). The largest absolute Gasteiger partial charge is 0.480 e. The van der Waals surface area contributed by atoms with Crippen LogP contribution in [0.1, 0.15) is 28.3 Å². The molecule has 12 nitrogen and oxygen atoms in total. The van der Waals surface area contributed by atoms with E-state index in [2.05, 4.69) is 66.6 Å². The molecule has 0 spiro atoms. The SMILES string of the molecule is CN[C@@H](Cc1ncn(C(c2ccccc2)(c2ccccc2)c2ccccc2)n1)C(=O)O.COC(=O)[C@@H](N)Cc1ncn[nH]1.Cl. The third kappa shape index (κ3) is 7.72. The number of esters is 1. The molecule has 5 aromatic rings. The molecule has 0 radical (unpaired) electrons. The molecule has 5 N–H and O–H groups in total. The Morgan fingerprint density at radius 3 is 1.86 bits per heavy atom. The molecule has 0 saturated heterocycles. The zero-order chi connectivity index (χ0) is 30.7. The molecular weight excluding hydrogens is 584 g/mol. The van der Waals surface area contributed by atoms with E-state index >= 15 is 0 Å². The topological polar surface area (TPSA) is 174 Å². The average molecular weight is 619 g/mol. The third-order valence-electron chi connectivity index (χ3n) is 6.87. The van der Waals surface area contributed by atoms with Crippen molar-refractivity contribution in [3.05, 3.63) is 132 Å². The number of aliphatic carboxylic acids is 1. The lowest BCUT2D eigenvalue weighted by Gasteiger charge is -2.35. The van der Waals surface area contributed by atoms with E-state index in [1.165, 1.54) is 13.4 Å². The van der Waals surface area contributed by atoms with Crippen LogP contribution in [-0.4, -0.2) is 73.2 Å². The molecule has 13 heteroatoms. The Hall–Kier alpha value is -4.91. The van der Waals surface area contributed by atoms with Crippen molar-refractivity contribution in [3.8, 4) is 0 Å². The van der Waals surface area contributed by atoms with Gasteiger partial charge in [0.25, 0.3) is 0 Å². The molecule has 0 aliphatic heterocycles. The van der Waals surface area contributed by atoms with E-state index in [4.69, 9.17) is 10.8 Å². The number of halogens is 1. The number of ether oxygens (including phenoxy) is 1. The first-order chi connectivity index (χ1) is 20.9. The normalized spacial score (nSPS) is 12.2. The molecule has 0 aliphatic carbocycles. The summed E-state index contributed by atoms with van der Waals surface area (Å²) in [4.78, 5) is 30.6. The van der Waals surface area contributed by atoms with Crippen LogP contribution < -0.4 is 11.1 Å². The van der Waals surface area contributed by atoms with Crippen molar-refractivity contribution in [2.75, 3.05) is 14.2 Å². The molecule has 0 fully saturated rings. The quantitative estimate of drug-likeness (QED) is 0.127. The number of carbonyl (C=O) groups is 2. The van der Waals surface area contributed by atoms with Gasteiger partial charge in [0.15, 0.2) is 5.82 Å². The van der Waals surface area contributed by atoms with Crippen LogP contribution >= 0.6 is 12.4 Å². The smallest absolute Gasteiger partial charge is 0.323 e. The number of methoxy groups -OCH3 is 1. The number of carbonyl (C=O) groups excluding carboxylic acids is 1. The monoisotopic (exact) mass is 618 g/mol. The number of carboxylic acid groups (broad SMARTS) is 1. The number of nitrogens with one attached hydrogen (secondary N) is 2. The second-order valence-electron chi connectivity index (χ2n) is 9.56. The van der Waals surface area contributed by atoms with E-state index < -0.39 is 29.6 Å². The number of hydrogen-bond acceptors (Lipinski definition) is 9. The van der Waals surface area contributed by atoms with E-state index in [0.717, 1.165) is 16.7 Å². The van der Waals surface area contributed by atoms with Crippen LogP contribution in [0, 0.1) is 0 Å². The van der Waals surface area contributed by atoms with Crippen LogP contribution in [0.2, 0.25) is 0 Å². The molecule has 44 heavy (non-hydrogen) atoms. The molecule has 0 unspecified atom stereocenters. The van der Waals surface area contributed by atoms with Crippen molar-refractivity contribution < 1.29 is 19.4 Å². The van der Waals surface area contributed by atoms with Crippen molar-refractivity contribution in [1.82, 2.24) is 35.3 Å². The predicted octanol–water partition coefficient (Wildman–Crippen LogP) is 2.60. The number of nitrogens with zero attached hydrogens (tertiary/aromatic N) is 5. The van der Waals surface area contributed by atoms with Crippen molar-refractivity contribution >= 4 is 24.3 Å². The first kappa shape index (κ1) is 33.6. The van der Waals surface area contributed by atoms with Crippen LogP contribution in [0.3, 0.4) is 0 Å². The molecule has 0 saturated carbocycles. The van der Waals surface area contributed by atoms with Gasteiger partial charge in [-0.3, -0.25) is 14.7 Å². The van der Waals surface area contributed by atoms with Gasteiger partial charge in [0.2, 0.25) is 0 Å². The number of hydrogen-bond donors (Lipinski definition) is 4. The summed E-state index contributed by atoms with van der Waals surface area (Å²) in [5.74, 6) is -0.340. The number of aromatic nitrogens is 6. The highest BCUT2D eigenvalue weighted by Gasteiger charge is 2.39. The fourth-order valence-corrected chi connectivity index (χ4v) is 4.75. The predicted molar refractivity (Wildman–Crippen MR) is 166 cm³/mol. The Morgan fingerprint density at radius 1 is 0.932 bits per heavy atom. The molecule has 2 aromatic heterocycles. The Labute approximate surface area is 261 Å². The molecule has 0 bridgehead atoms. The Balaban J connectivity index is 0.000000344. The lowest BCUT2D eigenvalue weighted by Crippen LogP contribution is -2.39. The second kappa shape index (κ2) is 16.1. The van der Waals surface area contributed by atoms with Crippen molar-refractivity contribution in [1.29, 1.82) is 0 Å². The maximum Gasteiger partial charge on any atom is 0.323 e. The first-order valence-electron chi connectivity index (χ1n) is 13.6. The summed E-state index contributed by atoms with van der Waals surface area (Å²) in [5.41, 5.74) is 7.80. The van der Waals surface area contributed by atoms with Crippen molar-refractivity contribution in [2.45, 2.75) is 30.5 Å². The number of carboxylic acids is 1. The second-order valence-corrected chi connectivity index (χ2v) is 9.56. The summed E-state index contributed by atoms with van der Waals surface area (Å²) in [7, 11) is 2.92. The average Bonchev–Trinajstić information content (AvgIpc) is 3.74. The van der Waals surface area contributed by atoms with E-state index in [1.807, 2.05) is 59.3 Å². The number of benzene rings is 3. The third-order valence-corrected chi connectivity index (χ3v) is 6.87. The number of nitrogens with two attached hydrogens (primary N) is 1. The number of likely N-dealkylation sites (N-methyl/N-ethyl adjacent to an activating group) is 1. The van der Waals surface area contributed by atoms with Crippen molar-refractivity contribution in [2.24, 2.45) is 5.73 Å². The minimum Gasteiger partial charge on any atom is -0.480 e. The van der Waals surface area contributed by atoms with Gasteiger partial charge in [-0.2, -0.15) is 10.2 Å².